The number of anilines is 2. The molecule has 0 aromatic heterocycles. The highest BCUT2D eigenvalue weighted by atomic mass is 19.1. The average Bonchev–Trinajstić information content (AvgIpc) is 2.44. The molecule has 0 radical (unpaired) electrons. The largest absolute Gasteiger partial charge is 0.506 e. The summed E-state index contributed by atoms with van der Waals surface area (Å²) in [6.45, 7) is 0. The molecule has 5 nitrogen and oxygen atoms in total. The summed E-state index contributed by atoms with van der Waals surface area (Å²) in [5.74, 6) is -4.27. The molecule has 0 saturated heterocycles. The van der Waals surface area contributed by atoms with E-state index < -0.39 is 23.4 Å². The summed E-state index contributed by atoms with van der Waals surface area (Å²) >= 11 is 0. The fourth-order valence-corrected chi connectivity index (χ4v) is 1.53. The molecule has 0 aliphatic heterocycles. The number of carbonyl (C=O) groups excluding carboxylic acids is 2. The second-order valence-corrected chi connectivity index (χ2v) is 4.05. The molecular formula is C14H10F2N2O3. The maximum atomic E-state index is 13.3. The number of para-hydroxylation sites is 2. The first-order valence-electron chi connectivity index (χ1n) is 5.83. The third-order valence-electron chi connectivity index (χ3n) is 2.54. The minimum atomic E-state index is -1.15. The van der Waals surface area contributed by atoms with E-state index in [9.17, 15) is 23.5 Å². The number of aromatic hydroxyl groups is 1. The highest BCUT2D eigenvalue weighted by Gasteiger charge is 2.17. The lowest BCUT2D eigenvalue weighted by Crippen LogP contribution is -2.29. The second-order valence-electron chi connectivity index (χ2n) is 4.05. The number of amides is 2. The van der Waals surface area contributed by atoms with Crippen LogP contribution in [0.4, 0.5) is 20.2 Å². The van der Waals surface area contributed by atoms with E-state index in [0.29, 0.717) is 6.07 Å². The fourth-order valence-electron chi connectivity index (χ4n) is 1.53. The van der Waals surface area contributed by atoms with Crippen LogP contribution in [0.2, 0.25) is 0 Å². The van der Waals surface area contributed by atoms with Crippen LogP contribution in [0.25, 0.3) is 0 Å². The molecule has 0 fully saturated rings. The monoisotopic (exact) mass is 292 g/mol. The van der Waals surface area contributed by atoms with Gasteiger partial charge in [-0.3, -0.25) is 9.59 Å². The van der Waals surface area contributed by atoms with Crippen LogP contribution in [0, 0.1) is 11.6 Å². The molecule has 0 saturated carbocycles. The van der Waals surface area contributed by atoms with Gasteiger partial charge in [0.05, 0.1) is 11.4 Å². The summed E-state index contributed by atoms with van der Waals surface area (Å²) in [6.07, 6.45) is 0. The van der Waals surface area contributed by atoms with Crippen molar-refractivity contribution in [2.75, 3.05) is 10.6 Å². The summed E-state index contributed by atoms with van der Waals surface area (Å²) in [6, 6.07) is 8.32. The molecule has 0 unspecified atom stereocenters. The molecule has 0 heterocycles. The number of phenols is 1. The van der Waals surface area contributed by atoms with Crippen LogP contribution < -0.4 is 10.6 Å². The van der Waals surface area contributed by atoms with Crippen LogP contribution in [0.5, 0.6) is 5.75 Å². The molecule has 0 atom stereocenters. The Morgan fingerprint density at radius 3 is 2.14 bits per heavy atom. The number of carbonyl (C=O) groups is 2. The average molecular weight is 292 g/mol. The van der Waals surface area contributed by atoms with Crippen molar-refractivity contribution in [3.05, 3.63) is 54.1 Å². The molecule has 0 spiro atoms. The van der Waals surface area contributed by atoms with Gasteiger partial charge in [0.15, 0.2) is 0 Å². The molecule has 7 heteroatoms. The quantitative estimate of drug-likeness (QED) is 0.587. The maximum Gasteiger partial charge on any atom is 0.314 e. The van der Waals surface area contributed by atoms with Crippen molar-refractivity contribution in [1.82, 2.24) is 0 Å². The summed E-state index contributed by atoms with van der Waals surface area (Å²) in [4.78, 5) is 23.2. The molecule has 2 aromatic carbocycles. The molecule has 3 N–H and O–H groups in total. The fraction of sp³-hybridized carbons (Fsp3) is 0. The van der Waals surface area contributed by atoms with Crippen LogP contribution in [0.3, 0.4) is 0 Å². The lowest BCUT2D eigenvalue weighted by molar-refractivity contribution is -0.133. The Labute approximate surface area is 118 Å². The van der Waals surface area contributed by atoms with Crippen LogP contribution in [0.1, 0.15) is 0 Å². The Balaban J connectivity index is 2.06. The lowest BCUT2D eigenvalue weighted by atomic mass is 10.2. The predicted molar refractivity (Wildman–Crippen MR) is 71.7 cm³/mol. The molecule has 0 aliphatic carbocycles. The number of halogens is 2. The van der Waals surface area contributed by atoms with E-state index in [4.69, 9.17) is 0 Å². The van der Waals surface area contributed by atoms with Crippen molar-refractivity contribution >= 4 is 23.2 Å². The Kier molecular flexibility index (Phi) is 4.13. The molecule has 0 aliphatic rings. The van der Waals surface area contributed by atoms with Crippen LogP contribution in [0.15, 0.2) is 42.5 Å². The van der Waals surface area contributed by atoms with Gasteiger partial charge in [-0.05, 0) is 24.3 Å². The highest BCUT2D eigenvalue weighted by molar-refractivity contribution is 6.43. The normalized spacial score (nSPS) is 10.0. The minimum absolute atomic E-state index is 0.0391. The standard InChI is InChI=1S/C14H10F2N2O3/c15-8-5-6-10(9(16)7-8)17-13(20)14(21)18-11-3-1-2-4-12(11)19/h1-7,19H,(H,17,20)(H,18,21). The molecule has 108 valence electrons. The smallest absolute Gasteiger partial charge is 0.314 e. The Bertz CT molecular complexity index is 704. The molecule has 2 rings (SSSR count). The molecule has 2 amide bonds. The van der Waals surface area contributed by atoms with Crippen LogP contribution >= 0.6 is 0 Å². The van der Waals surface area contributed by atoms with E-state index in [1.54, 1.807) is 12.1 Å². The number of hydrogen-bond acceptors (Lipinski definition) is 3. The van der Waals surface area contributed by atoms with Gasteiger partial charge in [-0.25, -0.2) is 8.78 Å². The first-order chi connectivity index (χ1) is 9.97. The molecule has 0 bridgehead atoms. The zero-order valence-corrected chi connectivity index (χ0v) is 10.6. The zero-order chi connectivity index (χ0) is 15.4. The van der Waals surface area contributed by atoms with Gasteiger partial charge in [0, 0.05) is 6.07 Å². The van der Waals surface area contributed by atoms with Gasteiger partial charge < -0.3 is 15.7 Å². The molecule has 2 aromatic rings. The second kappa shape index (κ2) is 6.00. The van der Waals surface area contributed by atoms with E-state index in [0.717, 1.165) is 12.1 Å². The van der Waals surface area contributed by atoms with Crippen molar-refractivity contribution in [2.45, 2.75) is 0 Å². The van der Waals surface area contributed by atoms with E-state index in [1.165, 1.54) is 12.1 Å². The third-order valence-corrected chi connectivity index (χ3v) is 2.54. The van der Waals surface area contributed by atoms with Crippen molar-refractivity contribution in [1.29, 1.82) is 0 Å². The van der Waals surface area contributed by atoms with Gasteiger partial charge in [-0.15, -0.1) is 0 Å². The predicted octanol–water partition coefficient (Wildman–Crippen LogP) is 2.25. The highest BCUT2D eigenvalue weighted by Crippen LogP contribution is 2.21. The van der Waals surface area contributed by atoms with Gasteiger partial charge in [0.1, 0.15) is 17.4 Å². The van der Waals surface area contributed by atoms with Crippen molar-refractivity contribution in [3.63, 3.8) is 0 Å². The van der Waals surface area contributed by atoms with Crippen molar-refractivity contribution < 1.29 is 23.5 Å². The van der Waals surface area contributed by atoms with Gasteiger partial charge in [0.25, 0.3) is 0 Å². The number of benzene rings is 2. The summed E-state index contributed by atoms with van der Waals surface area (Å²) < 4.78 is 26.1. The van der Waals surface area contributed by atoms with E-state index >= 15 is 0 Å². The van der Waals surface area contributed by atoms with Gasteiger partial charge in [-0.1, -0.05) is 12.1 Å². The van der Waals surface area contributed by atoms with Gasteiger partial charge in [-0.2, -0.15) is 0 Å². The Morgan fingerprint density at radius 2 is 1.52 bits per heavy atom. The number of nitrogens with one attached hydrogen (secondary N) is 2. The van der Waals surface area contributed by atoms with E-state index in [1.807, 2.05) is 5.32 Å². The zero-order valence-electron chi connectivity index (χ0n) is 10.6. The van der Waals surface area contributed by atoms with Gasteiger partial charge in [0.2, 0.25) is 0 Å². The third kappa shape index (κ3) is 3.53. The van der Waals surface area contributed by atoms with E-state index in [-0.39, 0.29) is 17.1 Å². The topological polar surface area (TPSA) is 78.4 Å². The summed E-state index contributed by atoms with van der Waals surface area (Å²) in [7, 11) is 0. The van der Waals surface area contributed by atoms with Gasteiger partial charge >= 0.3 is 11.8 Å². The Hall–Kier alpha value is -2.96. The van der Waals surface area contributed by atoms with Crippen LogP contribution in [-0.4, -0.2) is 16.9 Å². The first kappa shape index (κ1) is 14.4. The summed E-state index contributed by atoms with van der Waals surface area (Å²) in [5, 5.41) is 13.6. The number of rotatable bonds is 2. The number of phenolic OH excluding ortho intramolecular Hbond substituents is 1. The van der Waals surface area contributed by atoms with Crippen LogP contribution in [-0.2, 0) is 9.59 Å². The minimum Gasteiger partial charge on any atom is -0.506 e. The lowest BCUT2D eigenvalue weighted by Gasteiger charge is -2.08. The first-order valence-corrected chi connectivity index (χ1v) is 5.83. The number of hydrogen-bond donors (Lipinski definition) is 3. The Morgan fingerprint density at radius 1 is 0.905 bits per heavy atom. The molecule has 21 heavy (non-hydrogen) atoms. The van der Waals surface area contributed by atoms with Crippen molar-refractivity contribution in [3.8, 4) is 5.75 Å². The van der Waals surface area contributed by atoms with E-state index in [2.05, 4.69) is 5.32 Å². The maximum absolute atomic E-state index is 13.3. The summed E-state index contributed by atoms with van der Waals surface area (Å²) in [5.41, 5.74) is -0.286. The SMILES string of the molecule is O=C(Nc1ccccc1O)C(=O)Nc1ccc(F)cc1F. The molecular weight excluding hydrogens is 282 g/mol. The van der Waals surface area contributed by atoms with Crippen molar-refractivity contribution in [2.24, 2.45) is 0 Å².